The Balaban J connectivity index is 1.65. The molecule has 0 aromatic heterocycles. The Morgan fingerprint density at radius 1 is 0.483 bits per heavy atom. The molecule has 342 valence electrons. The van der Waals surface area contributed by atoms with E-state index >= 15 is 0 Å². The zero-order valence-electron chi connectivity index (χ0n) is 31.9. The molecule has 2 saturated heterocycles. The van der Waals surface area contributed by atoms with E-state index in [4.69, 9.17) is 18.9 Å². The van der Waals surface area contributed by atoms with Crippen LogP contribution in [0.25, 0.3) is 0 Å². The lowest BCUT2D eigenvalue weighted by Crippen LogP contribution is -2.62. The summed E-state index contributed by atoms with van der Waals surface area (Å²) < 4.78 is 20.9. The van der Waals surface area contributed by atoms with Gasteiger partial charge in [-0.15, -0.1) is 0 Å². The first-order valence-corrected chi connectivity index (χ1v) is 19.2. The first-order chi connectivity index (χ1) is 27.5. The third-order valence-corrected chi connectivity index (χ3v) is 9.97. The molecule has 2 rings (SSSR count). The molecule has 2 aliphatic rings. The van der Waals surface area contributed by atoms with Crippen molar-refractivity contribution in [3.05, 3.63) is 0 Å². The molecule has 2 aliphatic heterocycles. The number of aliphatic hydroxyl groups is 16. The number of ether oxygens (including phenoxy) is 4. The zero-order valence-corrected chi connectivity index (χ0v) is 31.9. The van der Waals surface area contributed by atoms with Crippen LogP contribution >= 0.6 is 0 Å². The number of hydrogen-bond acceptors (Lipinski definition) is 22. The SMILES string of the molecule is O=C(NCCCCCCCCCCNC(=O)[C@H](O)[C@@H](O)[C@H](O[C@@H]1O[C@H](CO)[C@H](O)[C@H](O)[C@H]1O)[C@H](O)CO)[C@H](O)[C@@H](O)[C@H](O[C@@H]1O[C@H](CO)[C@H](O)[C@H](O)[C@H]1O)[C@H](O)CO. The molecular formula is C34H64N2O22. The molecular weight excluding hydrogens is 788 g/mol. The van der Waals surface area contributed by atoms with E-state index in [1.807, 2.05) is 0 Å². The first kappa shape index (κ1) is 52.3. The normalized spacial score (nSPS) is 32.0. The monoisotopic (exact) mass is 852 g/mol. The Hall–Kier alpha value is -1.86. The van der Waals surface area contributed by atoms with Crippen LogP contribution in [0.15, 0.2) is 0 Å². The van der Waals surface area contributed by atoms with Crippen LogP contribution in [0.2, 0.25) is 0 Å². The maximum atomic E-state index is 12.5. The fraction of sp³-hybridized carbons (Fsp3) is 0.941. The van der Waals surface area contributed by atoms with Gasteiger partial charge in [0.1, 0.15) is 85.5 Å². The predicted octanol–water partition coefficient (Wildman–Crippen LogP) is -9.14. The van der Waals surface area contributed by atoms with Crippen LogP contribution in [0, 0.1) is 0 Å². The van der Waals surface area contributed by atoms with Gasteiger partial charge < -0.3 is 111 Å². The lowest BCUT2D eigenvalue weighted by atomic mass is 9.98. The second kappa shape index (κ2) is 26.5. The van der Waals surface area contributed by atoms with Crippen LogP contribution in [0.4, 0.5) is 0 Å². The van der Waals surface area contributed by atoms with Gasteiger partial charge in [-0.25, -0.2) is 0 Å². The predicted molar refractivity (Wildman–Crippen MR) is 190 cm³/mol. The molecule has 58 heavy (non-hydrogen) atoms. The van der Waals surface area contributed by atoms with E-state index < -0.39 is 148 Å². The van der Waals surface area contributed by atoms with Crippen molar-refractivity contribution >= 4 is 11.8 Å². The summed E-state index contributed by atoms with van der Waals surface area (Å²) in [7, 11) is 0. The number of nitrogens with one attached hydrogen (secondary N) is 2. The van der Waals surface area contributed by atoms with Crippen molar-refractivity contribution < 1.29 is 110 Å². The lowest BCUT2D eigenvalue weighted by Gasteiger charge is -2.42. The van der Waals surface area contributed by atoms with Crippen molar-refractivity contribution in [1.29, 1.82) is 0 Å². The van der Waals surface area contributed by atoms with Gasteiger partial charge >= 0.3 is 0 Å². The summed E-state index contributed by atoms with van der Waals surface area (Å²) in [6, 6.07) is 0. The van der Waals surface area contributed by atoms with Crippen LogP contribution < -0.4 is 10.6 Å². The van der Waals surface area contributed by atoms with Crippen molar-refractivity contribution in [1.82, 2.24) is 10.6 Å². The van der Waals surface area contributed by atoms with E-state index in [2.05, 4.69) is 10.6 Å². The van der Waals surface area contributed by atoms with E-state index in [-0.39, 0.29) is 13.1 Å². The van der Waals surface area contributed by atoms with Gasteiger partial charge in [-0.1, -0.05) is 38.5 Å². The van der Waals surface area contributed by atoms with Crippen LogP contribution in [-0.4, -0.2) is 243 Å². The quantitative estimate of drug-likeness (QED) is 0.0341. The van der Waals surface area contributed by atoms with Gasteiger partial charge in [0.15, 0.2) is 24.8 Å². The number of hydrogen-bond donors (Lipinski definition) is 18. The van der Waals surface area contributed by atoms with Crippen molar-refractivity contribution in [3.8, 4) is 0 Å². The average Bonchev–Trinajstić information content (AvgIpc) is 3.22. The molecule has 2 fully saturated rings. The summed E-state index contributed by atoms with van der Waals surface area (Å²) in [5.74, 6) is -2.06. The van der Waals surface area contributed by atoms with E-state index in [0.29, 0.717) is 25.7 Å². The summed E-state index contributed by atoms with van der Waals surface area (Å²) >= 11 is 0. The fourth-order valence-electron chi connectivity index (χ4n) is 6.29. The van der Waals surface area contributed by atoms with Crippen molar-refractivity contribution in [2.75, 3.05) is 39.5 Å². The third kappa shape index (κ3) is 14.9. The summed E-state index contributed by atoms with van der Waals surface area (Å²) in [6.45, 7) is -3.37. The summed E-state index contributed by atoms with van der Waals surface area (Å²) in [5.41, 5.74) is 0. The molecule has 0 saturated carbocycles. The summed E-state index contributed by atoms with van der Waals surface area (Å²) in [5, 5.41) is 165. The van der Waals surface area contributed by atoms with E-state index in [9.17, 15) is 91.3 Å². The molecule has 0 bridgehead atoms. The molecule has 24 nitrogen and oxygen atoms in total. The number of amides is 2. The number of aliphatic hydroxyl groups excluding tert-OH is 16. The Kier molecular flexibility index (Phi) is 23.9. The lowest BCUT2D eigenvalue weighted by molar-refractivity contribution is -0.326. The smallest absolute Gasteiger partial charge is 0.251 e. The molecule has 0 aliphatic carbocycles. The van der Waals surface area contributed by atoms with Gasteiger partial charge in [-0.2, -0.15) is 0 Å². The maximum Gasteiger partial charge on any atom is 0.251 e. The van der Waals surface area contributed by atoms with E-state index in [1.165, 1.54) is 0 Å². The first-order valence-electron chi connectivity index (χ1n) is 19.2. The molecule has 2 amide bonds. The minimum absolute atomic E-state index is 0.114. The number of rotatable bonds is 27. The second-order valence-electron chi connectivity index (χ2n) is 14.4. The molecule has 24 heteroatoms. The van der Waals surface area contributed by atoms with Gasteiger partial charge in [-0.05, 0) is 12.8 Å². The standard InChI is InChI=1S/C34H64N2O22/c37-11-15(41)29(57-33-27(51)21(45)19(43)17(13-39)55-33)23(47)25(49)31(53)35-9-7-5-3-1-2-4-6-8-10-36-32(54)26(50)24(48)30(16(42)12-38)58-34-28(52)22(46)20(44)18(14-40)56-34/h15-30,33-34,37-52H,1-14H2,(H,35,53)(H,36,54)/t15-,16-,17-,18-,19+,20+,21+,22+,23-,24-,25-,26-,27-,28-,29-,30-,33+,34+/m1/s1. The average molecular weight is 853 g/mol. The molecule has 0 spiro atoms. The highest BCUT2D eigenvalue weighted by atomic mass is 16.7. The van der Waals surface area contributed by atoms with Gasteiger partial charge in [-0.3, -0.25) is 9.59 Å². The Morgan fingerprint density at radius 3 is 1.09 bits per heavy atom. The minimum Gasteiger partial charge on any atom is -0.394 e. The van der Waals surface area contributed by atoms with Gasteiger partial charge in [0.05, 0.1) is 26.4 Å². The van der Waals surface area contributed by atoms with Crippen molar-refractivity contribution in [2.24, 2.45) is 0 Å². The molecule has 0 aromatic carbocycles. The molecule has 0 radical (unpaired) electrons. The van der Waals surface area contributed by atoms with E-state index in [0.717, 1.165) is 25.7 Å². The number of carbonyl (C=O) groups is 2. The number of carbonyl (C=O) groups excluding carboxylic acids is 2. The Labute approximate surface area is 333 Å². The van der Waals surface area contributed by atoms with Crippen LogP contribution in [0.3, 0.4) is 0 Å². The number of unbranched alkanes of at least 4 members (excludes halogenated alkanes) is 7. The zero-order chi connectivity index (χ0) is 43.7. The highest BCUT2D eigenvalue weighted by Gasteiger charge is 2.49. The van der Waals surface area contributed by atoms with Crippen molar-refractivity contribution in [3.63, 3.8) is 0 Å². The molecule has 18 atom stereocenters. The van der Waals surface area contributed by atoms with Crippen molar-refractivity contribution in [2.45, 2.75) is 162 Å². The van der Waals surface area contributed by atoms with Crippen LogP contribution in [0.1, 0.15) is 51.4 Å². The molecule has 2 heterocycles. The highest BCUT2D eigenvalue weighted by molar-refractivity contribution is 5.81. The van der Waals surface area contributed by atoms with Crippen LogP contribution in [0.5, 0.6) is 0 Å². The Bertz CT molecular complexity index is 1070. The molecule has 0 unspecified atom stereocenters. The summed E-state index contributed by atoms with van der Waals surface area (Å²) in [4.78, 5) is 25.0. The minimum atomic E-state index is -2.16. The summed E-state index contributed by atoms with van der Waals surface area (Å²) in [6.07, 6.45) is -28.0. The molecule has 0 aromatic rings. The van der Waals surface area contributed by atoms with Gasteiger partial charge in [0.25, 0.3) is 11.8 Å². The maximum absolute atomic E-state index is 12.5. The van der Waals surface area contributed by atoms with E-state index in [1.54, 1.807) is 0 Å². The van der Waals surface area contributed by atoms with Gasteiger partial charge in [0.2, 0.25) is 0 Å². The van der Waals surface area contributed by atoms with Gasteiger partial charge in [0, 0.05) is 13.1 Å². The second-order valence-corrected chi connectivity index (χ2v) is 14.4. The largest absolute Gasteiger partial charge is 0.394 e. The van der Waals surface area contributed by atoms with Crippen LogP contribution in [-0.2, 0) is 28.5 Å². The molecule has 18 N–H and O–H groups in total. The highest BCUT2D eigenvalue weighted by Crippen LogP contribution is 2.26. The fourth-order valence-corrected chi connectivity index (χ4v) is 6.29. The Morgan fingerprint density at radius 2 is 0.793 bits per heavy atom. The third-order valence-electron chi connectivity index (χ3n) is 9.97. The topological polar surface area (TPSA) is 419 Å².